The summed E-state index contributed by atoms with van der Waals surface area (Å²) in [5.41, 5.74) is -1.01. The molecule has 3 heterocycles. The third kappa shape index (κ3) is 3.96. The van der Waals surface area contributed by atoms with E-state index in [1.807, 2.05) is 6.07 Å². The van der Waals surface area contributed by atoms with Crippen molar-refractivity contribution in [1.82, 2.24) is 19.4 Å². The number of carbonyl (C=O) groups is 1. The first kappa shape index (κ1) is 15.7. The Bertz CT molecular complexity index is 773. The van der Waals surface area contributed by atoms with Gasteiger partial charge in [0.1, 0.15) is 6.54 Å². The number of aromatic nitrogens is 2. The van der Waals surface area contributed by atoms with Gasteiger partial charge in [-0.2, -0.15) is 0 Å². The van der Waals surface area contributed by atoms with Crippen LogP contribution in [0.2, 0.25) is 0 Å². The largest absolute Gasteiger partial charge is 0.339 e. The van der Waals surface area contributed by atoms with Crippen LogP contribution in [-0.2, 0) is 17.9 Å². The molecule has 0 aliphatic carbocycles. The summed E-state index contributed by atoms with van der Waals surface area (Å²) in [4.78, 5) is 42.5. The van der Waals surface area contributed by atoms with Crippen LogP contribution < -0.4 is 11.2 Å². The lowest BCUT2D eigenvalue weighted by Crippen LogP contribution is -2.49. The van der Waals surface area contributed by atoms with Crippen LogP contribution in [0.15, 0.2) is 39.4 Å². The van der Waals surface area contributed by atoms with Crippen LogP contribution in [-0.4, -0.2) is 51.4 Å². The molecule has 8 heteroatoms. The summed E-state index contributed by atoms with van der Waals surface area (Å²) in [5.74, 6) is -0.102. The average molecular weight is 334 g/mol. The van der Waals surface area contributed by atoms with Crippen LogP contribution in [0.4, 0.5) is 0 Å². The number of aromatic amines is 1. The molecule has 1 aliphatic rings. The van der Waals surface area contributed by atoms with Crippen molar-refractivity contribution in [3.8, 4) is 0 Å². The predicted molar refractivity (Wildman–Crippen MR) is 87.5 cm³/mol. The maximum absolute atomic E-state index is 12.3. The van der Waals surface area contributed by atoms with Crippen LogP contribution in [0.1, 0.15) is 4.88 Å². The van der Waals surface area contributed by atoms with Gasteiger partial charge < -0.3 is 4.90 Å². The van der Waals surface area contributed by atoms with Gasteiger partial charge in [-0.3, -0.25) is 24.0 Å². The molecule has 3 rings (SSSR count). The van der Waals surface area contributed by atoms with Crippen molar-refractivity contribution < 1.29 is 4.79 Å². The molecular formula is C15H18N4O3S. The van der Waals surface area contributed by atoms with Crippen LogP contribution in [0, 0.1) is 0 Å². The fraction of sp³-hybridized carbons (Fsp3) is 0.400. The summed E-state index contributed by atoms with van der Waals surface area (Å²) in [6.07, 6.45) is 1.35. The summed E-state index contributed by atoms with van der Waals surface area (Å²) in [7, 11) is 0. The van der Waals surface area contributed by atoms with Crippen molar-refractivity contribution in [1.29, 1.82) is 0 Å². The first-order valence-corrected chi connectivity index (χ1v) is 8.32. The van der Waals surface area contributed by atoms with Crippen LogP contribution >= 0.6 is 11.3 Å². The first-order valence-electron chi connectivity index (χ1n) is 7.44. The van der Waals surface area contributed by atoms with Crippen molar-refractivity contribution in [2.24, 2.45) is 0 Å². The quantitative estimate of drug-likeness (QED) is 0.850. The number of thiophene rings is 1. The van der Waals surface area contributed by atoms with Crippen molar-refractivity contribution in [3.63, 3.8) is 0 Å². The SMILES string of the molecule is O=C(Cn1ccc(=O)[nH]c1=O)N1CCN(Cc2cccs2)CC1. The molecule has 1 saturated heterocycles. The minimum atomic E-state index is -0.554. The Morgan fingerprint density at radius 1 is 1.17 bits per heavy atom. The molecule has 0 atom stereocenters. The third-order valence-electron chi connectivity index (χ3n) is 3.89. The van der Waals surface area contributed by atoms with E-state index in [9.17, 15) is 14.4 Å². The van der Waals surface area contributed by atoms with Crippen LogP contribution in [0.25, 0.3) is 0 Å². The van der Waals surface area contributed by atoms with E-state index < -0.39 is 11.2 Å². The van der Waals surface area contributed by atoms with Crippen molar-refractivity contribution in [2.45, 2.75) is 13.1 Å². The number of hydrogen-bond donors (Lipinski definition) is 1. The number of nitrogens with zero attached hydrogens (tertiary/aromatic N) is 3. The Labute approximate surface area is 136 Å². The van der Waals surface area contributed by atoms with Gasteiger partial charge in [-0.25, -0.2) is 4.79 Å². The van der Waals surface area contributed by atoms with Gasteiger partial charge in [0, 0.05) is 49.9 Å². The van der Waals surface area contributed by atoms with Crippen molar-refractivity contribution in [2.75, 3.05) is 26.2 Å². The second kappa shape index (κ2) is 6.93. The number of carbonyl (C=O) groups excluding carboxylic acids is 1. The Hall–Kier alpha value is -2.19. The smallest absolute Gasteiger partial charge is 0.328 e. The molecule has 122 valence electrons. The monoisotopic (exact) mass is 334 g/mol. The minimum absolute atomic E-state index is 0.0411. The van der Waals surface area contributed by atoms with E-state index in [-0.39, 0.29) is 12.5 Å². The fourth-order valence-electron chi connectivity index (χ4n) is 2.59. The van der Waals surface area contributed by atoms with Crippen molar-refractivity contribution >= 4 is 17.2 Å². The van der Waals surface area contributed by atoms with Gasteiger partial charge in [0.25, 0.3) is 5.56 Å². The van der Waals surface area contributed by atoms with Gasteiger partial charge in [0.05, 0.1) is 0 Å². The summed E-state index contributed by atoms with van der Waals surface area (Å²) < 4.78 is 1.22. The third-order valence-corrected chi connectivity index (χ3v) is 4.75. The molecule has 2 aromatic rings. The summed E-state index contributed by atoms with van der Waals surface area (Å²) in [6, 6.07) is 5.40. The highest BCUT2D eigenvalue weighted by atomic mass is 32.1. The van der Waals surface area contributed by atoms with E-state index in [1.54, 1.807) is 16.2 Å². The highest BCUT2D eigenvalue weighted by Gasteiger charge is 2.21. The first-order chi connectivity index (χ1) is 11.1. The number of nitrogens with one attached hydrogen (secondary N) is 1. The Morgan fingerprint density at radius 3 is 2.61 bits per heavy atom. The maximum Gasteiger partial charge on any atom is 0.328 e. The molecule has 1 aliphatic heterocycles. The van der Waals surface area contributed by atoms with Crippen molar-refractivity contribution in [3.05, 3.63) is 55.5 Å². The fourth-order valence-corrected chi connectivity index (χ4v) is 3.34. The summed E-state index contributed by atoms with van der Waals surface area (Å²) >= 11 is 1.74. The van der Waals surface area contributed by atoms with Gasteiger partial charge in [-0.15, -0.1) is 11.3 Å². The molecule has 2 aromatic heterocycles. The van der Waals surface area contributed by atoms with Gasteiger partial charge in [0.15, 0.2) is 0 Å². The van der Waals surface area contributed by atoms with E-state index in [2.05, 4.69) is 21.3 Å². The van der Waals surface area contributed by atoms with E-state index in [4.69, 9.17) is 0 Å². The summed E-state index contributed by atoms with van der Waals surface area (Å²) in [6.45, 7) is 3.83. The Morgan fingerprint density at radius 2 is 1.96 bits per heavy atom. The second-order valence-corrected chi connectivity index (χ2v) is 6.51. The molecule has 1 amide bonds. The van der Waals surface area contributed by atoms with E-state index in [0.717, 1.165) is 19.6 Å². The van der Waals surface area contributed by atoms with Gasteiger partial charge in [-0.05, 0) is 11.4 Å². The zero-order valence-corrected chi connectivity index (χ0v) is 13.4. The lowest BCUT2D eigenvalue weighted by atomic mass is 10.3. The molecule has 23 heavy (non-hydrogen) atoms. The molecule has 7 nitrogen and oxygen atoms in total. The Balaban J connectivity index is 1.53. The van der Waals surface area contributed by atoms with E-state index in [1.165, 1.54) is 21.7 Å². The lowest BCUT2D eigenvalue weighted by Gasteiger charge is -2.34. The number of rotatable bonds is 4. The predicted octanol–water partition coefficient (Wildman–Crippen LogP) is -0.0575. The zero-order chi connectivity index (χ0) is 16.2. The number of amides is 1. The molecule has 0 saturated carbocycles. The number of piperazine rings is 1. The molecule has 0 radical (unpaired) electrons. The minimum Gasteiger partial charge on any atom is -0.339 e. The normalized spacial score (nSPS) is 15.7. The molecule has 1 N–H and O–H groups in total. The standard InChI is InChI=1S/C15H18N4O3S/c20-13-3-4-19(15(22)16-13)11-14(21)18-7-5-17(6-8-18)10-12-2-1-9-23-12/h1-4,9H,5-8,10-11H2,(H,16,20,22). The molecule has 0 aromatic carbocycles. The van der Waals surface area contributed by atoms with E-state index in [0.29, 0.717) is 13.1 Å². The molecule has 1 fully saturated rings. The van der Waals surface area contributed by atoms with Crippen LogP contribution in [0.5, 0.6) is 0 Å². The molecular weight excluding hydrogens is 316 g/mol. The lowest BCUT2D eigenvalue weighted by molar-refractivity contribution is -0.133. The topological polar surface area (TPSA) is 78.4 Å². The summed E-state index contributed by atoms with van der Waals surface area (Å²) in [5, 5.41) is 2.07. The van der Waals surface area contributed by atoms with Crippen LogP contribution in [0.3, 0.4) is 0 Å². The Kier molecular flexibility index (Phi) is 4.73. The molecule has 0 spiro atoms. The maximum atomic E-state index is 12.3. The molecule has 0 unspecified atom stereocenters. The average Bonchev–Trinajstić information content (AvgIpc) is 3.04. The second-order valence-electron chi connectivity index (χ2n) is 5.47. The van der Waals surface area contributed by atoms with E-state index >= 15 is 0 Å². The highest BCUT2D eigenvalue weighted by Crippen LogP contribution is 2.13. The van der Waals surface area contributed by atoms with Gasteiger partial charge in [-0.1, -0.05) is 6.07 Å². The zero-order valence-electron chi connectivity index (χ0n) is 12.6. The number of H-pyrrole nitrogens is 1. The van der Waals surface area contributed by atoms with Gasteiger partial charge >= 0.3 is 5.69 Å². The number of hydrogen-bond acceptors (Lipinski definition) is 5. The highest BCUT2D eigenvalue weighted by molar-refractivity contribution is 7.09. The van der Waals surface area contributed by atoms with Gasteiger partial charge in [0.2, 0.25) is 5.91 Å². The molecule has 0 bridgehead atoms.